The number of hydrogen-bond acceptors (Lipinski definition) is 2. The maximum Gasteiger partial charge on any atom is 0.103 e. The maximum atomic E-state index is 8.84. The summed E-state index contributed by atoms with van der Waals surface area (Å²) in [4.78, 5) is 0. The molecule has 0 saturated carbocycles. The van der Waals surface area contributed by atoms with Crippen molar-refractivity contribution < 1.29 is 0 Å². The van der Waals surface area contributed by atoms with E-state index in [1.165, 1.54) is 0 Å². The van der Waals surface area contributed by atoms with Gasteiger partial charge < -0.3 is 0 Å². The monoisotopic (exact) mass is 197 g/mol. The van der Waals surface area contributed by atoms with Gasteiger partial charge in [0, 0.05) is 0 Å². The van der Waals surface area contributed by atoms with Gasteiger partial charge in [-0.2, -0.15) is 10.4 Å². The second-order valence-electron chi connectivity index (χ2n) is 3.45. The first-order chi connectivity index (χ1) is 7.24. The third kappa shape index (κ3) is 1.50. The maximum absolute atomic E-state index is 8.84. The zero-order valence-electron chi connectivity index (χ0n) is 8.73. The quantitative estimate of drug-likeness (QED) is 0.704. The Morgan fingerprint density at radius 3 is 2.60 bits per heavy atom. The predicted octanol–water partition coefficient (Wildman–Crippen LogP) is 2.36. The number of rotatable bonds is 1. The first-order valence-corrected chi connectivity index (χ1v) is 4.75. The van der Waals surface area contributed by atoms with Crippen LogP contribution in [0.2, 0.25) is 0 Å². The summed E-state index contributed by atoms with van der Waals surface area (Å²) >= 11 is 0. The van der Waals surface area contributed by atoms with Crippen molar-refractivity contribution in [3.63, 3.8) is 0 Å². The van der Waals surface area contributed by atoms with Crippen LogP contribution in [-0.2, 0) is 0 Å². The van der Waals surface area contributed by atoms with Crippen LogP contribution < -0.4 is 0 Å². The van der Waals surface area contributed by atoms with Crippen LogP contribution in [0.4, 0.5) is 0 Å². The van der Waals surface area contributed by atoms with E-state index in [4.69, 9.17) is 5.26 Å². The third-order valence-corrected chi connectivity index (χ3v) is 2.47. The number of aromatic nitrogens is 2. The molecule has 2 rings (SSSR count). The highest BCUT2D eigenvalue weighted by molar-refractivity contribution is 5.43. The van der Waals surface area contributed by atoms with Gasteiger partial charge in [-0.1, -0.05) is 18.2 Å². The Hall–Kier alpha value is -2.08. The van der Waals surface area contributed by atoms with E-state index in [2.05, 4.69) is 11.2 Å². The van der Waals surface area contributed by atoms with Gasteiger partial charge in [0.1, 0.15) is 6.07 Å². The zero-order valence-corrected chi connectivity index (χ0v) is 8.73. The van der Waals surface area contributed by atoms with Crippen LogP contribution in [0.5, 0.6) is 0 Å². The molecule has 3 heteroatoms. The molecule has 0 atom stereocenters. The molecule has 1 heterocycles. The second-order valence-corrected chi connectivity index (χ2v) is 3.45. The first-order valence-electron chi connectivity index (χ1n) is 4.75. The number of aryl methyl sites for hydroxylation is 1. The minimum Gasteiger partial charge on any atom is -0.236 e. The highest BCUT2D eigenvalue weighted by Gasteiger charge is 2.08. The Bertz CT molecular complexity index is 532. The van der Waals surface area contributed by atoms with Crippen molar-refractivity contribution in [1.82, 2.24) is 9.78 Å². The standard InChI is InChI=1S/C12H11N3/c1-9-5-3-4-6-12(9)15-10(2)11(7-13)8-14-15/h3-6,8H,1-2H3. The van der Waals surface area contributed by atoms with Gasteiger partial charge in [-0.25, -0.2) is 4.68 Å². The molecule has 1 aromatic carbocycles. The smallest absolute Gasteiger partial charge is 0.103 e. The minimum atomic E-state index is 0.623. The molecule has 0 unspecified atom stereocenters. The topological polar surface area (TPSA) is 41.6 Å². The molecule has 0 spiro atoms. The normalized spacial score (nSPS) is 9.93. The molecular formula is C12H11N3. The Morgan fingerprint density at radius 1 is 1.27 bits per heavy atom. The largest absolute Gasteiger partial charge is 0.236 e. The number of para-hydroxylation sites is 1. The molecule has 0 fully saturated rings. The van der Waals surface area contributed by atoms with Crippen LogP contribution in [0.15, 0.2) is 30.5 Å². The van der Waals surface area contributed by atoms with Gasteiger partial charge in [-0.3, -0.25) is 0 Å². The molecule has 3 nitrogen and oxygen atoms in total. The van der Waals surface area contributed by atoms with E-state index in [0.29, 0.717) is 5.56 Å². The molecule has 0 aliphatic carbocycles. The zero-order chi connectivity index (χ0) is 10.8. The average molecular weight is 197 g/mol. The lowest BCUT2D eigenvalue weighted by molar-refractivity contribution is 0.840. The van der Waals surface area contributed by atoms with Gasteiger partial charge in [0.05, 0.1) is 23.1 Å². The molecule has 0 N–H and O–H groups in total. The van der Waals surface area contributed by atoms with Gasteiger partial charge in [0.15, 0.2) is 0 Å². The summed E-state index contributed by atoms with van der Waals surface area (Å²) in [6.45, 7) is 3.93. The summed E-state index contributed by atoms with van der Waals surface area (Å²) in [6.07, 6.45) is 1.60. The lowest BCUT2D eigenvalue weighted by atomic mass is 10.2. The van der Waals surface area contributed by atoms with Gasteiger partial charge in [-0.15, -0.1) is 0 Å². The van der Waals surface area contributed by atoms with Crippen molar-refractivity contribution in [2.24, 2.45) is 0 Å². The van der Waals surface area contributed by atoms with Gasteiger partial charge in [-0.05, 0) is 25.5 Å². The summed E-state index contributed by atoms with van der Waals surface area (Å²) < 4.78 is 1.80. The lowest BCUT2D eigenvalue weighted by Crippen LogP contribution is -2.00. The Morgan fingerprint density at radius 2 is 2.00 bits per heavy atom. The van der Waals surface area contributed by atoms with E-state index in [0.717, 1.165) is 16.9 Å². The van der Waals surface area contributed by atoms with Gasteiger partial charge in [0.25, 0.3) is 0 Å². The number of benzene rings is 1. The molecule has 74 valence electrons. The summed E-state index contributed by atoms with van der Waals surface area (Å²) in [5, 5.41) is 13.1. The first kappa shape index (κ1) is 9.47. The SMILES string of the molecule is Cc1ccccc1-n1ncc(C#N)c1C. The van der Waals surface area contributed by atoms with Crippen LogP contribution in [0.25, 0.3) is 5.69 Å². The van der Waals surface area contributed by atoms with Crippen LogP contribution in [0.3, 0.4) is 0 Å². The Balaban J connectivity index is 2.61. The Kier molecular flexibility index (Phi) is 2.26. The van der Waals surface area contributed by atoms with E-state index in [1.807, 2.05) is 38.1 Å². The second kappa shape index (κ2) is 3.58. The fourth-order valence-corrected chi connectivity index (χ4v) is 1.56. The molecule has 15 heavy (non-hydrogen) atoms. The summed E-state index contributed by atoms with van der Waals surface area (Å²) in [5.74, 6) is 0. The number of nitrogens with zero attached hydrogens (tertiary/aromatic N) is 3. The van der Waals surface area contributed by atoms with Crippen molar-refractivity contribution >= 4 is 0 Å². The molecular weight excluding hydrogens is 186 g/mol. The van der Waals surface area contributed by atoms with Crippen LogP contribution in [0, 0.1) is 25.2 Å². The molecule has 2 aromatic rings. The predicted molar refractivity (Wildman–Crippen MR) is 57.8 cm³/mol. The fraction of sp³-hybridized carbons (Fsp3) is 0.167. The van der Waals surface area contributed by atoms with Gasteiger partial charge >= 0.3 is 0 Å². The lowest BCUT2D eigenvalue weighted by Gasteiger charge is -2.07. The third-order valence-electron chi connectivity index (χ3n) is 2.47. The highest BCUT2D eigenvalue weighted by Crippen LogP contribution is 2.16. The Labute approximate surface area is 88.6 Å². The van der Waals surface area contributed by atoms with Crippen molar-refractivity contribution in [3.8, 4) is 11.8 Å². The van der Waals surface area contributed by atoms with Crippen molar-refractivity contribution in [3.05, 3.63) is 47.3 Å². The van der Waals surface area contributed by atoms with E-state index < -0.39 is 0 Å². The van der Waals surface area contributed by atoms with Crippen LogP contribution in [0.1, 0.15) is 16.8 Å². The summed E-state index contributed by atoms with van der Waals surface area (Å²) in [7, 11) is 0. The highest BCUT2D eigenvalue weighted by atomic mass is 15.3. The molecule has 0 aliphatic rings. The number of nitriles is 1. The van der Waals surface area contributed by atoms with Crippen molar-refractivity contribution in [1.29, 1.82) is 5.26 Å². The van der Waals surface area contributed by atoms with Gasteiger partial charge in [0.2, 0.25) is 0 Å². The molecule has 0 saturated heterocycles. The molecule has 1 aromatic heterocycles. The van der Waals surface area contributed by atoms with Crippen LogP contribution in [-0.4, -0.2) is 9.78 Å². The van der Waals surface area contributed by atoms with Crippen LogP contribution >= 0.6 is 0 Å². The van der Waals surface area contributed by atoms with E-state index in [-0.39, 0.29) is 0 Å². The average Bonchev–Trinajstić information content (AvgIpc) is 2.60. The van der Waals surface area contributed by atoms with Crippen molar-refractivity contribution in [2.45, 2.75) is 13.8 Å². The fourth-order valence-electron chi connectivity index (χ4n) is 1.56. The molecule has 0 amide bonds. The molecule has 0 radical (unpaired) electrons. The molecule has 0 aliphatic heterocycles. The summed E-state index contributed by atoms with van der Waals surface area (Å²) in [6, 6.07) is 10.1. The minimum absolute atomic E-state index is 0.623. The van der Waals surface area contributed by atoms with E-state index in [9.17, 15) is 0 Å². The summed E-state index contributed by atoms with van der Waals surface area (Å²) in [5.41, 5.74) is 3.68. The molecule has 0 bridgehead atoms. The van der Waals surface area contributed by atoms with E-state index >= 15 is 0 Å². The van der Waals surface area contributed by atoms with Crippen molar-refractivity contribution in [2.75, 3.05) is 0 Å². The number of hydrogen-bond donors (Lipinski definition) is 0. The van der Waals surface area contributed by atoms with E-state index in [1.54, 1.807) is 10.9 Å².